The molecule has 0 aliphatic carbocycles. The van der Waals surface area contributed by atoms with Crippen LogP contribution < -0.4 is 5.11 Å². The van der Waals surface area contributed by atoms with Crippen LogP contribution in [0.1, 0.15) is 26.2 Å². The molecule has 2 nitrogen and oxygen atoms in total. The molecular weight excluding hydrogens is 156 g/mol. The van der Waals surface area contributed by atoms with Gasteiger partial charge in [-0.25, -0.2) is 0 Å². The third kappa shape index (κ3) is 9.37. The Bertz CT molecular complexity index is 63.4. The van der Waals surface area contributed by atoms with Crippen molar-refractivity contribution in [2.45, 2.75) is 26.2 Å². The molecule has 0 amide bonds. The Morgan fingerprint density at radius 2 is 2.12 bits per heavy atom. The Balaban J connectivity index is 0. The second kappa shape index (κ2) is 6.99. The minimum absolute atomic E-state index is 0. The van der Waals surface area contributed by atoms with Crippen molar-refractivity contribution in [3.05, 3.63) is 0 Å². The number of rotatable bonds is 3. The van der Waals surface area contributed by atoms with Gasteiger partial charge in [0.1, 0.15) is 0 Å². The quantitative estimate of drug-likeness (QED) is 0.548. The van der Waals surface area contributed by atoms with Gasteiger partial charge in [-0.15, -0.1) is 0 Å². The first kappa shape index (κ1) is 10.9. The van der Waals surface area contributed by atoms with Crippen molar-refractivity contribution in [1.82, 2.24) is 0 Å². The van der Waals surface area contributed by atoms with E-state index in [0.29, 0.717) is 0 Å². The number of hydrogen-bond donors (Lipinski definition) is 0. The number of carboxylic acid groups (broad SMARTS) is 1. The molecule has 0 fully saturated rings. The van der Waals surface area contributed by atoms with Crippen LogP contribution in [0.5, 0.6) is 0 Å². The van der Waals surface area contributed by atoms with Crippen LogP contribution in [0.4, 0.5) is 0 Å². The number of hydrogen-bond acceptors (Lipinski definition) is 2. The SMILES string of the molecule is CCCCC(=O)[O-].[Cu+2]. The zero-order chi connectivity index (χ0) is 5.70. The average molecular weight is 165 g/mol. The molecule has 0 aromatic heterocycles. The summed E-state index contributed by atoms with van der Waals surface area (Å²) in [5.74, 6) is -0.943. The van der Waals surface area contributed by atoms with Crippen LogP contribution >= 0.6 is 0 Å². The molecular formula is C5H9CuO2+. The van der Waals surface area contributed by atoms with Crippen molar-refractivity contribution in [2.24, 2.45) is 0 Å². The van der Waals surface area contributed by atoms with Gasteiger partial charge in [-0.1, -0.05) is 13.3 Å². The fourth-order valence-corrected chi connectivity index (χ4v) is 0.321. The maximum atomic E-state index is 9.65. The van der Waals surface area contributed by atoms with Crippen LogP contribution in [0.3, 0.4) is 0 Å². The standard InChI is InChI=1S/C5H10O2.Cu/c1-2-3-4-5(6)7;/h2-4H2,1H3,(H,6,7);/q;+2/p-1. The molecule has 3 heteroatoms. The van der Waals surface area contributed by atoms with Crippen LogP contribution in [0.25, 0.3) is 0 Å². The van der Waals surface area contributed by atoms with E-state index in [0.717, 1.165) is 12.8 Å². The van der Waals surface area contributed by atoms with Gasteiger partial charge in [0.2, 0.25) is 0 Å². The summed E-state index contributed by atoms with van der Waals surface area (Å²) >= 11 is 0. The molecule has 0 aromatic rings. The molecule has 0 bridgehead atoms. The van der Waals surface area contributed by atoms with Crippen molar-refractivity contribution in [2.75, 3.05) is 0 Å². The van der Waals surface area contributed by atoms with E-state index >= 15 is 0 Å². The van der Waals surface area contributed by atoms with E-state index < -0.39 is 5.97 Å². The van der Waals surface area contributed by atoms with E-state index in [1.807, 2.05) is 6.92 Å². The topological polar surface area (TPSA) is 40.1 Å². The van der Waals surface area contributed by atoms with Gasteiger partial charge in [-0.05, 0) is 12.8 Å². The van der Waals surface area contributed by atoms with Crippen molar-refractivity contribution in [3.63, 3.8) is 0 Å². The molecule has 0 aromatic carbocycles. The normalized spacial score (nSPS) is 7.62. The third-order valence-electron chi connectivity index (χ3n) is 0.734. The summed E-state index contributed by atoms with van der Waals surface area (Å²) in [6.45, 7) is 1.95. The molecule has 0 aliphatic rings. The predicted molar refractivity (Wildman–Crippen MR) is 24.5 cm³/mol. The minimum Gasteiger partial charge on any atom is -0.550 e. The minimum atomic E-state index is -0.943. The summed E-state index contributed by atoms with van der Waals surface area (Å²) in [4.78, 5) is 9.65. The molecule has 0 unspecified atom stereocenters. The van der Waals surface area contributed by atoms with Gasteiger partial charge >= 0.3 is 17.1 Å². The number of unbranched alkanes of at least 4 members (excludes halogenated alkanes) is 1. The van der Waals surface area contributed by atoms with Gasteiger partial charge in [0.05, 0.1) is 0 Å². The Labute approximate surface area is 59.8 Å². The average Bonchev–Trinajstić information content (AvgIpc) is 1.61. The summed E-state index contributed by atoms with van der Waals surface area (Å²) in [5.41, 5.74) is 0. The number of carbonyl (C=O) groups excluding carboxylic acids is 1. The summed E-state index contributed by atoms with van der Waals surface area (Å²) in [6, 6.07) is 0. The van der Waals surface area contributed by atoms with Crippen molar-refractivity contribution < 1.29 is 27.0 Å². The van der Waals surface area contributed by atoms with Crippen LogP contribution in [0.15, 0.2) is 0 Å². The van der Waals surface area contributed by atoms with Gasteiger partial charge in [0.25, 0.3) is 0 Å². The van der Waals surface area contributed by atoms with Crippen molar-refractivity contribution in [3.8, 4) is 0 Å². The predicted octanol–water partition coefficient (Wildman–Crippen LogP) is -0.0760. The van der Waals surface area contributed by atoms with E-state index in [9.17, 15) is 9.90 Å². The van der Waals surface area contributed by atoms with E-state index in [1.54, 1.807) is 0 Å². The van der Waals surface area contributed by atoms with Gasteiger partial charge in [-0.3, -0.25) is 0 Å². The zero-order valence-electron chi connectivity index (χ0n) is 4.74. The largest absolute Gasteiger partial charge is 2.00 e. The van der Waals surface area contributed by atoms with E-state index in [1.165, 1.54) is 0 Å². The second-order valence-electron chi connectivity index (χ2n) is 1.48. The Morgan fingerprint density at radius 1 is 1.62 bits per heavy atom. The first-order valence-electron chi connectivity index (χ1n) is 2.47. The summed E-state index contributed by atoms with van der Waals surface area (Å²) in [6.07, 6.45) is 1.87. The monoisotopic (exact) mass is 164 g/mol. The number of carboxylic acids is 1. The second-order valence-corrected chi connectivity index (χ2v) is 1.48. The Morgan fingerprint density at radius 3 is 2.25 bits per heavy atom. The van der Waals surface area contributed by atoms with Crippen LogP contribution in [-0.4, -0.2) is 5.97 Å². The number of aliphatic carboxylic acids is 1. The summed E-state index contributed by atoms with van der Waals surface area (Å²) < 4.78 is 0. The van der Waals surface area contributed by atoms with Gasteiger partial charge in [0, 0.05) is 5.97 Å². The molecule has 0 aliphatic heterocycles. The maximum absolute atomic E-state index is 9.65. The first-order valence-corrected chi connectivity index (χ1v) is 2.47. The molecule has 0 saturated heterocycles. The molecule has 8 heavy (non-hydrogen) atoms. The Kier molecular flexibility index (Phi) is 9.51. The summed E-state index contributed by atoms with van der Waals surface area (Å²) in [5, 5.41) is 9.65. The third-order valence-corrected chi connectivity index (χ3v) is 0.734. The van der Waals surface area contributed by atoms with Gasteiger partial charge in [-0.2, -0.15) is 0 Å². The fraction of sp³-hybridized carbons (Fsp3) is 0.800. The zero-order valence-corrected chi connectivity index (χ0v) is 5.68. The fourth-order valence-electron chi connectivity index (χ4n) is 0.321. The van der Waals surface area contributed by atoms with E-state index in [2.05, 4.69) is 0 Å². The molecule has 0 saturated carbocycles. The van der Waals surface area contributed by atoms with Crippen LogP contribution in [-0.2, 0) is 21.9 Å². The van der Waals surface area contributed by atoms with Gasteiger partial charge in [0.15, 0.2) is 0 Å². The number of carbonyl (C=O) groups is 1. The molecule has 0 spiro atoms. The van der Waals surface area contributed by atoms with Crippen molar-refractivity contribution >= 4 is 5.97 Å². The van der Waals surface area contributed by atoms with Crippen molar-refractivity contribution in [1.29, 1.82) is 0 Å². The van der Waals surface area contributed by atoms with Gasteiger partial charge < -0.3 is 9.90 Å². The summed E-state index contributed by atoms with van der Waals surface area (Å²) in [7, 11) is 0. The molecule has 0 atom stereocenters. The van der Waals surface area contributed by atoms with Crippen LogP contribution in [0, 0.1) is 0 Å². The molecule has 0 N–H and O–H groups in total. The molecule has 0 rings (SSSR count). The molecule has 0 heterocycles. The Hall–Kier alpha value is -0.0105. The smallest absolute Gasteiger partial charge is 0.550 e. The molecule has 1 radical (unpaired) electrons. The van der Waals surface area contributed by atoms with E-state index in [4.69, 9.17) is 0 Å². The van der Waals surface area contributed by atoms with Crippen LogP contribution in [0.2, 0.25) is 0 Å². The molecule has 51 valence electrons. The van der Waals surface area contributed by atoms with E-state index in [-0.39, 0.29) is 23.5 Å². The maximum Gasteiger partial charge on any atom is 2.00 e. The first-order chi connectivity index (χ1) is 3.27.